The molecule has 1 heterocycles. The summed E-state index contributed by atoms with van der Waals surface area (Å²) in [6, 6.07) is 17.5. The fourth-order valence-corrected chi connectivity index (χ4v) is 4.40. The van der Waals surface area contributed by atoms with Crippen molar-refractivity contribution in [3.63, 3.8) is 0 Å². The number of thioether (sulfide) groups is 1. The summed E-state index contributed by atoms with van der Waals surface area (Å²) in [5.74, 6) is -0.521. The third-order valence-corrected chi connectivity index (χ3v) is 6.25. The number of nitro groups is 1. The molecule has 4 rings (SSSR count). The van der Waals surface area contributed by atoms with Gasteiger partial charge in [0, 0.05) is 6.07 Å². The Morgan fingerprint density at radius 1 is 1.06 bits per heavy atom. The standard InChI is InChI=1S/C25H22N4O4S/c1-15-8-10-17(3)21(12-15)28-24(31)18-6-4-5-7-19(18)27-25(28)34-14-23(30)26-20-11-9-16(2)13-22(20)29(32)33/h4-13H,14H2,1-3H3,(H,26,30). The molecule has 4 aromatic rings. The molecule has 1 amide bonds. The zero-order chi connectivity index (χ0) is 24.4. The number of nitrogens with one attached hydrogen (secondary N) is 1. The van der Waals surface area contributed by atoms with E-state index < -0.39 is 10.8 Å². The first-order chi connectivity index (χ1) is 16.2. The van der Waals surface area contributed by atoms with E-state index in [9.17, 15) is 19.7 Å². The fourth-order valence-electron chi connectivity index (χ4n) is 3.60. The van der Waals surface area contributed by atoms with Crippen molar-refractivity contribution < 1.29 is 9.72 Å². The highest BCUT2D eigenvalue weighted by molar-refractivity contribution is 7.99. The predicted octanol–water partition coefficient (Wildman–Crippen LogP) is 4.95. The Kier molecular flexibility index (Phi) is 6.47. The molecule has 0 aliphatic carbocycles. The van der Waals surface area contributed by atoms with Crippen LogP contribution in [0.3, 0.4) is 0 Å². The lowest BCUT2D eigenvalue weighted by Crippen LogP contribution is -2.23. The minimum atomic E-state index is -0.529. The summed E-state index contributed by atoms with van der Waals surface area (Å²) in [6.07, 6.45) is 0. The maximum Gasteiger partial charge on any atom is 0.293 e. The Hall–Kier alpha value is -3.98. The van der Waals surface area contributed by atoms with Crippen LogP contribution >= 0.6 is 11.8 Å². The number of amides is 1. The molecule has 34 heavy (non-hydrogen) atoms. The van der Waals surface area contributed by atoms with Crippen molar-refractivity contribution in [1.29, 1.82) is 0 Å². The first kappa shape index (κ1) is 23.2. The molecule has 0 saturated heterocycles. The molecule has 0 spiro atoms. The number of anilines is 1. The number of para-hydroxylation sites is 1. The Labute approximate surface area is 199 Å². The normalized spacial score (nSPS) is 10.9. The smallest absolute Gasteiger partial charge is 0.293 e. The summed E-state index contributed by atoms with van der Waals surface area (Å²) in [5.41, 5.74) is 3.56. The zero-order valence-corrected chi connectivity index (χ0v) is 19.7. The van der Waals surface area contributed by atoms with Gasteiger partial charge >= 0.3 is 0 Å². The van der Waals surface area contributed by atoms with E-state index >= 15 is 0 Å². The number of nitro benzene ring substituents is 1. The number of nitrogens with zero attached hydrogens (tertiary/aromatic N) is 3. The molecule has 0 saturated carbocycles. The fraction of sp³-hybridized carbons (Fsp3) is 0.160. The monoisotopic (exact) mass is 474 g/mol. The lowest BCUT2D eigenvalue weighted by Gasteiger charge is -2.16. The lowest BCUT2D eigenvalue weighted by atomic mass is 10.1. The lowest BCUT2D eigenvalue weighted by molar-refractivity contribution is -0.384. The van der Waals surface area contributed by atoms with Crippen molar-refractivity contribution in [2.75, 3.05) is 11.1 Å². The third-order valence-electron chi connectivity index (χ3n) is 5.31. The largest absolute Gasteiger partial charge is 0.320 e. The summed E-state index contributed by atoms with van der Waals surface area (Å²) in [7, 11) is 0. The number of carbonyl (C=O) groups is 1. The van der Waals surface area contributed by atoms with Gasteiger partial charge in [-0.3, -0.25) is 24.3 Å². The number of hydrogen-bond acceptors (Lipinski definition) is 6. The highest BCUT2D eigenvalue weighted by Crippen LogP contribution is 2.27. The van der Waals surface area contributed by atoms with Crippen LogP contribution in [0.2, 0.25) is 0 Å². The molecule has 1 N–H and O–H groups in total. The number of benzene rings is 3. The van der Waals surface area contributed by atoms with Crippen LogP contribution in [0.15, 0.2) is 70.6 Å². The van der Waals surface area contributed by atoms with E-state index in [1.54, 1.807) is 37.3 Å². The van der Waals surface area contributed by atoms with Crippen molar-refractivity contribution >= 4 is 39.9 Å². The van der Waals surface area contributed by atoms with Crippen molar-refractivity contribution in [2.24, 2.45) is 0 Å². The van der Waals surface area contributed by atoms with Gasteiger partial charge in [0.05, 0.1) is 27.3 Å². The van der Waals surface area contributed by atoms with Crippen LogP contribution < -0.4 is 10.9 Å². The molecule has 0 fully saturated rings. The van der Waals surface area contributed by atoms with Gasteiger partial charge in [-0.2, -0.15) is 0 Å². The minimum Gasteiger partial charge on any atom is -0.320 e. The van der Waals surface area contributed by atoms with E-state index in [1.807, 2.05) is 32.0 Å². The number of fused-ring (bicyclic) bond motifs is 1. The molecule has 0 aliphatic heterocycles. The zero-order valence-electron chi connectivity index (χ0n) is 18.9. The molecule has 0 aliphatic rings. The Bertz CT molecular complexity index is 1500. The van der Waals surface area contributed by atoms with Crippen LogP contribution in [0, 0.1) is 30.9 Å². The molecule has 9 heteroatoms. The van der Waals surface area contributed by atoms with Gasteiger partial charge in [0.15, 0.2) is 5.16 Å². The van der Waals surface area contributed by atoms with Crippen LogP contribution in [-0.2, 0) is 4.79 Å². The summed E-state index contributed by atoms with van der Waals surface area (Å²) in [6.45, 7) is 5.59. The predicted molar refractivity (Wildman–Crippen MR) is 134 cm³/mol. The quantitative estimate of drug-likeness (QED) is 0.183. The Morgan fingerprint density at radius 2 is 1.76 bits per heavy atom. The summed E-state index contributed by atoms with van der Waals surface area (Å²) >= 11 is 1.10. The third kappa shape index (κ3) is 4.69. The van der Waals surface area contributed by atoms with Crippen LogP contribution in [0.25, 0.3) is 16.6 Å². The molecule has 0 radical (unpaired) electrons. The van der Waals surface area contributed by atoms with Crippen LogP contribution in [0.4, 0.5) is 11.4 Å². The number of hydrogen-bond donors (Lipinski definition) is 1. The van der Waals surface area contributed by atoms with E-state index in [2.05, 4.69) is 10.3 Å². The van der Waals surface area contributed by atoms with Crippen LogP contribution in [0.5, 0.6) is 0 Å². The number of carbonyl (C=O) groups excluding carboxylic acids is 1. The molecular weight excluding hydrogens is 452 g/mol. The summed E-state index contributed by atoms with van der Waals surface area (Å²) in [4.78, 5) is 41.6. The first-order valence-electron chi connectivity index (χ1n) is 10.5. The average Bonchev–Trinajstić information content (AvgIpc) is 2.80. The molecule has 1 aromatic heterocycles. The van der Waals surface area contributed by atoms with Crippen molar-refractivity contribution in [2.45, 2.75) is 25.9 Å². The second kappa shape index (κ2) is 9.48. The van der Waals surface area contributed by atoms with Crippen LogP contribution in [-0.4, -0.2) is 26.1 Å². The second-order valence-corrected chi connectivity index (χ2v) is 8.90. The topological polar surface area (TPSA) is 107 Å². The first-order valence-corrected chi connectivity index (χ1v) is 11.5. The maximum atomic E-state index is 13.4. The molecule has 172 valence electrons. The highest BCUT2D eigenvalue weighted by atomic mass is 32.2. The molecule has 8 nitrogen and oxygen atoms in total. The van der Waals surface area contributed by atoms with E-state index in [-0.39, 0.29) is 22.7 Å². The molecule has 0 atom stereocenters. The van der Waals surface area contributed by atoms with Gasteiger partial charge in [0.25, 0.3) is 11.2 Å². The van der Waals surface area contributed by atoms with E-state index in [4.69, 9.17) is 0 Å². The van der Waals surface area contributed by atoms with Crippen LogP contribution in [0.1, 0.15) is 16.7 Å². The van der Waals surface area contributed by atoms with Crippen molar-refractivity contribution in [1.82, 2.24) is 9.55 Å². The van der Waals surface area contributed by atoms with E-state index in [1.165, 1.54) is 16.7 Å². The van der Waals surface area contributed by atoms with E-state index in [0.717, 1.165) is 28.5 Å². The van der Waals surface area contributed by atoms with Gasteiger partial charge < -0.3 is 5.32 Å². The molecule has 0 unspecified atom stereocenters. The van der Waals surface area contributed by atoms with Gasteiger partial charge in [-0.25, -0.2) is 4.98 Å². The number of aromatic nitrogens is 2. The average molecular weight is 475 g/mol. The van der Waals surface area contributed by atoms with Crippen molar-refractivity contribution in [3.05, 3.63) is 97.8 Å². The molecule has 3 aromatic carbocycles. The number of aryl methyl sites for hydroxylation is 3. The molecular formula is C25H22N4O4S. The second-order valence-electron chi connectivity index (χ2n) is 7.96. The van der Waals surface area contributed by atoms with Gasteiger partial charge in [0.1, 0.15) is 5.69 Å². The maximum absolute atomic E-state index is 13.4. The minimum absolute atomic E-state index is 0.0827. The number of rotatable bonds is 6. The van der Waals surface area contributed by atoms with Gasteiger partial charge in [-0.05, 0) is 61.7 Å². The van der Waals surface area contributed by atoms with E-state index in [0.29, 0.717) is 21.7 Å². The highest BCUT2D eigenvalue weighted by Gasteiger charge is 2.19. The Balaban J connectivity index is 1.70. The molecule has 0 bridgehead atoms. The SMILES string of the molecule is Cc1ccc(C)c(-n2c(SCC(=O)Nc3ccc(C)cc3[N+](=O)[O-])nc3ccccc3c2=O)c1. The van der Waals surface area contributed by atoms with Gasteiger partial charge in [-0.15, -0.1) is 0 Å². The Morgan fingerprint density at radius 3 is 2.53 bits per heavy atom. The van der Waals surface area contributed by atoms with Gasteiger partial charge in [0.2, 0.25) is 5.91 Å². The summed E-state index contributed by atoms with van der Waals surface area (Å²) < 4.78 is 1.52. The van der Waals surface area contributed by atoms with Gasteiger partial charge in [-0.1, -0.05) is 42.1 Å². The summed E-state index contributed by atoms with van der Waals surface area (Å²) in [5, 5.41) is 14.8. The van der Waals surface area contributed by atoms with Crippen molar-refractivity contribution in [3.8, 4) is 5.69 Å².